The predicted molar refractivity (Wildman–Crippen MR) is 49.0 cm³/mol. The van der Waals surface area contributed by atoms with Crippen LogP contribution in [0.5, 0.6) is 0 Å². The molecule has 1 unspecified atom stereocenters. The predicted octanol–water partition coefficient (Wildman–Crippen LogP) is 1.05. The average molecular weight is 195 g/mol. The molecule has 1 saturated heterocycles. The minimum Gasteiger partial charge on any atom is -0.373 e. The molecule has 14 heavy (non-hydrogen) atoms. The Balaban J connectivity index is 2.14. The van der Waals surface area contributed by atoms with Crippen molar-refractivity contribution in [1.29, 1.82) is 0 Å². The normalized spacial score (nSPS) is 21.9. The number of hydrogen-bond acceptors (Lipinski definition) is 4. The second-order valence-electron chi connectivity index (χ2n) is 3.69. The van der Waals surface area contributed by atoms with Crippen LogP contribution in [0.4, 0.5) is 0 Å². The minimum atomic E-state index is -0.00759. The number of aryl methyl sites for hydroxylation is 2. The third-order valence-corrected chi connectivity index (χ3v) is 2.65. The van der Waals surface area contributed by atoms with Gasteiger partial charge in [-0.15, -0.1) is 0 Å². The average Bonchev–Trinajstić information content (AvgIpc) is 2.67. The maximum Gasteiger partial charge on any atom is 0.164 e. The van der Waals surface area contributed by atoms with Crippen LogP contribution in [0.2, 0.25) is 0 Å². The van der Waals surface area contributed by atoms with Gasteiger partial charge in [0, 0.05) is 11.5 Å². The monoisotopic (exact) mass is 195 g/mol. The molecule has 1 atom stereocenters. The molecule has 1 aliphatic heterocycles. The first-order valence-corrected chi connectivity index (χ1v) is 4.70. The quantitative estimate of drug-likeness (QED) is 0.707. The van der Waals surface area contributed by atoms with Gasteiger partial charge >= 0.3 is 0 Å². The van der Waals surface area contributed by atoms with Crippen LogP contribution >= 0.6 is 0 Å². The maximum atomic E-state index is 11.3. The van der Waals surface area contributed by atoms with Crippen LogP contribution in [0, 0.1) is 19.8 Å². The smallest absolute Gasteiger partial charge is 0.164 e. The zero-order valence-corrected chi connectivity index (χ0v) is 8.37. The molecule has 2 heterocycles. The molecule has 4 heteroatoms. The van der Waals surface area contributed by atoms with E-state index in [1.165, 1.54) is 0 Å². The Labute approximate surface area is 82.2 Å². The van der Waals surface area contributed by atoms with Crippen LogP contribution in [0.3, 0.4) is 0 Å². The topological polar surface area (TPSA) is 52.3 Å². The highest BCUT2D eigenvalue weighted by Crippen LogP contribution is 2.20. The number of nitrogens with zero attached hydrogens (tertiary/aromatic N) is 1. The Morgan fingerprint density at radius 2 is 2.29 bits per heavy atom. The number of ketones is 1. The third-order valence-electron chi connectivity index (χ3n) is 2.65. The molecule has 1 fully saturated rings. The van der Waals surface area contributed by atoms with Gasteiger partial charge < -0.3 is 9.26 Å². The minimum absolute atomic E-state index is 0.00759. The van der Waals surface area contributed by atoms with Crippen molar-refractivity contribution in [1.82, 2.24) is 5.16 Å². The molecule has 4 nitrogen and oxygen atoms in total. The van der Waals surface area contributed by atoms with E-state index in [0.29, 0.717) is 13.0 Å². The fourth-order valence-corrected chi connectivity index (χ4v) is 1.73. The summed E-state index contributed by atoms with van der Waals surface area (Å²) in [5.41, 5.74) is 1.93. The molecule has 0 amide bonds. The molecule has 0 N–H and O–H groups in total. The van der Waals surface area contributed by atoms with Gasteiger partial charge in [-0.3, -0.25) is 4.79 Å². The van der Waals surface area contributed by atoms with E-state index in [9.17, 15) is 4.79 Å². The molecule has 2 rings (SSSR count). The standard InChI is InChI=1S/C10H13NO3/c1-6-9(7(2)14-11-6)3-8-4-13-5-10(8)12/h8H,3-5H2,1-2H3. The largest absolute Gasteiger partial charge is 0.373 e. The Morgan fingerprint density at radius 3 is 2.79 bits per heavy atom. The van der Waals surface area contributed by atoms with Crippen molar-refractivity contribution < 1.29 is 14.1 Å². The molecule has 0 aliphatic carbocycles. The second-order valence-corrected chi connectivity index (χ2v) is 3.69. The van der Waals surface area contributed by atoms with Gasteiger partial charge in [-0.1, -0.05) is 5.16 Å². The van der Waals surface area contributed by atoms with Gasteiger partial charge in [-0.2, -0.15) is 0 Å². The fourth-order valence-electron chi connectivity index (χ4n) is 1.73. The zero-order valence-electron chi connectivity index (χ0n) is 8.37. The SMILES string of the molecule is Cc1noc(C)c1CC1COCC1=O. The molecule has 0 spiro atoms. The first-order chi connectivity index (χ1) is 6.68. The third kappa shape index (κ3) is 1.57. The van der Waals surface area contributed by atoms with Crippen LogP contribution < -0.4 is 0 Å². The maximum absolute atomic E-state index is 11.3. The van der Waals surface area contributed by atoms with E-state index in [2.05, 4.69) is 5.16 Å². The molecule has 76 valence electrons. The molecule has 0 bridgehead atoms. The van der Waals surface area contributed by atoms with E-state index in [1.807, 2.05) is 13.8 Å². The number of carbonyl (C=O) groups excluding carboxylic acids is 1. The lowest BCUT2D eigenvalue weighted by molar-refractivity contribution is -0.120. The zero-order chi connectivity index (χ0) is 10.1. The van der Waals surface area contributed by atoms with Crippen LogP contribution in [-0.4, -0.2) is 24.2 Å². The number of rotatable bonds is 2. The van der Waals surface area contributed by atoms with Gasteiger partial charge in [0.2, 0.25) is 0 Å². The van der Waals surface area contributed by atoms with Crippen molar-refractivity contribution >= 4 is 5.78 Å². The number of hydrogen-bond donors (Lipinski definition) is 0. The van der Waals surface area contributed by atoms with Crippen molar-refractivity contribution in [2.45, 2.75) is 20.3 Å². The number of ether oxygens (including phenoxy) is 1. The summed E-state index contributed by atoms with van der Waals surface area (Å²) in [5.74, 6) is 0.985. The molecular weight excluding hydrogens is 182 g/mol. The highest BCUT2D eigenvalue weighted by Gasteiger charge is 2.27. The highest BCUT2D eigenvalue weighted by molar-refractivity contribution is 5.84. The number of aromatic nitrogens is 1. The summed E-state index contributed by atoms with van der Waals surface area (Å²) in [7, 11) is 0. The summed E-state index contributed by atoms with van der Waals surface area (Å²) >= 11 is 0. The summed E-state index contributed by atoms with van der Waals surface area (Å²) in [6.45, 7) is 4.55. The van der Waals surface area contributed by atoms with Crippen LogP contribution in [-0.2, 0) is 16.0 Å². The van der Waals surface area contributed by atoms with Crippen LogP contribution in [0.15, 0.2) is 4.52 Å². The van der Waals surface area contributed by atoms with Gasteiger partial charge in [0.05, 0.1) is 12.3 Å². The van der Waals surface area contributed by atoms with Crippen LogP contribution in [0.25, 0.3) is 0 Å². The molecule has 1 aliphatic rings. The van der Waals surface area contributed by atoms with E-state index < -0.39 is 0 Å². The van der Waals surface area contributed by atoms with E-state index in [4.69, 9.17) is 9.26 Å². The summed E-state index contributed by atoms with van der Waals surface area (Å²) in [6.07, 6.45) is 0.694. The Kier molecular flexibility index (Phi) is 2.37. The first-order valence-electron chi connectivity index (χ1n) is 4.70. The van der Waals surface area contributed by atoms with Gasteiger partial charge in [0.1, 0.15) is 12.4 Å². The Hall–Kier alpha value is -1.16. The lowest BCUT2D eigenvalue weighted by atomic mass is 9.97. The van der Waals surface area contributed by atoms with Crippen LogP contribution in [0.1, 0.15) is 17.0 Å². The van der Waals surface area contributed by atoms with Crippen molar-refractivity contribution in [3.8, 4) is 0 Å². The molecule has 1 aromatic heterocycles. The highest BCUT2D eigenvalue weighted by atomic mass is 16.5. The van der Waals surface area contributed by atoms with Crippen molar-refractivity contribution in [3.05, 3.63) is 17.0 Å². The second kappa shape index (κ2) is 3.53. The van der Waals surface area contributed by atoms with Gasteiger partial charge in [-0.05, 0) is 20.3 Å². The van der Waals surface area contributed by atoms with Gasteiger partial charge in [0.25, 0.3) is 0 Å². The van der Waals surface area contributed by atoms with E-state index >= 15 is 0 Å². The van der Waals surface area contributed by atoms with Crippen molar-refractivity contribution in [2.24, 2.45) is 5.92 Å². The summed E-state index contributed by atoms with van der Waals surface area (Å²) < 4.78 is 10.1. The number of carbonyl (C=O) groups is 1. The summed E-state index contributed by atoms with van der Waals surface area (Å²) in [5, 5.41) is 3.86. The Morgan fingerprint density at radius 1 is 1.50 bits per heavy atom. The summed E-state index contributed by atoms with van der Waals surface area (Å²) in [4.78, 5) is 11.3. The van der Waals surface area contributed by atoms with E-state index in [0.717, 1.165) is 17.0 Å². The van der Waals surface area contributed by atoms with Gasteiger partial charge in [0.15, 0.2) is 5.78 Å². The molecule has 0 saturated carbocycles. The lowest BCUT2D eigenvalue weighted by Crippen LogP contribution is -2.14. The fraction of sp³-hybridized carbons (Fsp3) is 0.600. The molecule has 1 aromatic rings. The van der Waals surface area contributed by atoms with Crippen molar-refractivity contribution in [2.75, 3.05) is 13.2 Å². The summed E-state index contributed by atoms with van der Waals surface area (Å²) in [6, 6.07) is 0. The number of Topliss-reactive ketones (excluding diaryl/α,β-unsaturated/α-hetero) is 1. The lowest BCUT2D eigenvalue weighted by Gasteiger charge is -2.04. The van der Waals surface area contributed by atoms with Crippen molar-refractivity contribution in [3.63, 3.8) is 0 Å². The molecule has 0 radical (unpaired) electrons. The van der Waals surface area contributed by atoms with Gasteiger partial charge in [-0.25, -0.2) is 0 Å². The molecular formula is C10H13NO3. The molecule has 0 aromatic carbocycles. The van der Waals surface area contributed by atoms with E-state index in [1.54, 1.807) is 0 Å². The Bertz CT molecular complexity index is 337. The first kappa shape index (κ1) is 9.40. The van der Waals surface area contributed by atoms with E-state index in [-0.39, 0.29) is 18.3 Å².